The molecule has 1 heterocycles. The van der Waals surface area contributed by atoms with Crippen molar-refractivity contribution in [3.8, 4) is 12.1 Å². The van der Waals surface area contributed by atoms with Crippen LogP contribution >= 0.6 is 33.4 Å². The maximum Gasteiger partial charge on any atom is 0.154 e. The first-order valence-electron chi connectivity index (χ1n) is 2.41. The summed E-state index contributed by atoms with van der Waals surface area (Å²) >= 11 is 5.58. The zero-order valence-electron chi connectivity index (χ0n) is 5.04. The van der Waals surface area contributed by atoms with Crippen LogP contribution in [0, 0.1) is 22.7 Å². The van der Waals surface area contributed by atoms with Crippen LogP contribution in [-0.4, -0.2) is 5.17 Å². The van der Waals surface area contributed by atoms with Crippen molar-refractivity contribution < 1.29 is 0 Å². The maximum atomic E-state index is 8.44. The molecule has 1 rings (SSSR count). The van der Waals surface area contributed by atoms with E-state index in [9.17, 15) is 0 Å². The van der Waals surface area contributed by atoms with Gasteiger partial charge < -0.3 is 0 Å². The topological polar surface area (TPSA) is 59.9 Å². The Kier molecular flexibility index (Phi) is 2.84. The van der Waals surface area contributed by atoms with Crippen molar-refractivity contribution in [3.05, 3.63) is 10.5 Å². The van der Waals surface area contributed by atoms with Crippen LogP contribution < -0.4 is 0 Å². The smallest absolute Gasteiger partial charge is 0.154 e. The van der Waals surface area contributed by atoms with E-state index in [0.29, 0.717) is 4.91 Å². The quantitative estimate of drug-likeness (QED) is 0.343. The molecule has 0 radical (unpaired) electrons. The fraction of sp³-hybridized carbons (Fsp3) is 0. The van der Waals surface area contributed by atoms with E-state index in [4.69, 9.17) is 22.1 Å². The van der Waals surface area contributed by atoms with E-state index in [0.717, 1.165) is 11.0 Å². The molecule has 0 spiro atoms. The van der Waals surface area contributed by atoms with Gasteiger partial charge in [-0.25, -0.2) is 0 Å². The number of nitrogens with zero attached hydrogens (tertiary/aromatic N) is 3. The Hall–Kier alpha value is -0.620. The molecule has 0 aliphatic carbocycles. The Labute approximate surface area is 76.3 Å². The molecule has 11 heavy (non-hydrogen) atoms. The van der Waals surface area contributed by atoms with Crippen LogP contribution in [0.4, 0.5) is 0 Å². The number of hydrogen-bond donors (Lipinski definition) is 0. The molecule has 0 atom stereocenters. The molecule has 54 valence electrons. The summed E-state index contributed by atoms with van der Waals surface area (Å²) in [4.78, 5) is 0.460. The van der Waals surface area contributed by atoms with Gasteiger partial charge in [0.25, 0.3) is 0 Å². The molecule has 0 unspecified atom stereocenters. The zero-order valence-corrected chi connectivity index (χ0v) is 7.43. The van der Waals surface area contributed by atoms with Crippen molar-refractivity contribution in [3.63, 3.8) is 0 Å². The van der Waals surface area contributed by atoms with Gasteiger partial charge in [-0.2, -0.15) is 14.9 Å². The number of allylic oxidation sites excluding steroid dienone is 2. The second-order valence-electron chi connectivity index (χ2n) is 1.47. The van der Waals surface area contributed by atoms with Crippen LogP contribution in [0.15, 0.2) is 14.9 Å². The molecule has 0 saturated heterocycles. The van der Waals surface area contributed by atoms with E-state index in [1.807, 2.05) is 0 Å². The first-order valence-corrected chi connectivity index (χ1v) is 4.90. The van der Waals surface area contributed by atoms with Crippen LogP contribution in [0.1, 0.15) is 0 Å². The van der Waals surface area contributed by atoms with Gasteiger partial charge in [0.05, 0.1) is 15.9 Å². The predicted molar refractivity (Wildman–Crippen MR) is 46.7 cm³/mol. The Bertz CT molecular complexity index is 304. The Morgan fingerprint density at radius 2 is 2.09 bits per heavy atom. The molecular formula is C5ClN3S2. The molecule has 1 aliphatic rings. The van der Waals surface area contributed by atoms with E-state index in [2.05, 4.69) is 4.40 Å². The monoisotopic (exact) mass is 201 g/mol. The highest BCUT2D eigenvalue weighted by Crippen LogP contribution is 2.41. The molecule has 0 N–H and O–H groups in total. The minimum atomic E-state index is 0.0220. The second kappa shape index (κ2) is 3.68. The third-order valence-electron chi connectivity index (χ3n) is 0.876. The summed E-state index contributed by atoms with van der Waals surface area (Å²) in [6.07, 6.45) is 0. The van der Waals surface area contributed by atoms with E-state index < -0.39 is 0 Å². The van der Waals surface area contributed by atoms with Crippen molar-refractivity contribution in [2.45, 2.75) is 0 Å². The van der Waals surface area contributed by atoms with Crippen molar-refractivity contribution >= 4 is 38.5 Å². The van der Waals surface area contributed by atoms with Crippen molar-refractivity contribution in [2.75, 3.05) is 0 Å². The maximum absolute atomic E-state index is 8.44. The SMILES string of the molecule is N#CC(C#N)=C1SSN=C1Cl. The van der Waals surface area contributed by atoms with Crippen LogP contribution in [0.3, 0.4) is 0 Å². The molecule has 0 amide bonds. The molecule has 0 saturated carbocycles. The van der Waals surface area contributed by atoms with Gasteiger partial charge in [0.2, 0.25) is 0 Å². The van der Waals surface area contributed by atoms with E-state index in [1.54, 1.807) is 12.1 Å². The van der Waals surface area contributed by atoms with E-state index in [-0.39, 0.29) is 10.7 Å². The number of hydrogen-bond acceptors (Lipinski definition) is 5. The van der Waals surface area contributed by atoms with Gasteiger partial charge in [-0.1, -0.05) is 11.6 Å². The molecule has 3 nitrogen and oxygen atoms in total. The first kappa shape index (κ1) is 8.48. The summed E-state index contributed by atoms with van der Waals surface area (Å²) in [6.45, 7) is 0. The fourth-order valence-corrected chi connectivity index (χ4v) is 2.67. The zero-order chi connectivity index (χ0) is 8.27. The third-order valence-corrected chi connectivity index (χ3v) is 3.20. The normalized spacial score (nSPS) is 15.2. The molecule has 0 fully saturated rings. The van der Waals surface area contributed by atoms with Gasteiger partial charge in [-0.3, -0.25) is 0 Å². The summed E-state index contributed by atoms with van der Waals surface area (Å²) in [5.74, 6) is 0. The molecule has 0 aromatic carbocycles. The standard InChI is InChI=1S/C5ClN3S2/c6-5-4(10-11-9-5)3(1-7)2-8. The molecule has 0 aromatic heterocycles. The van der Waals surface area contributed by atoms with E-state index in [1.165, 1.54) is 10.8 Å². The van der Waals surface area contributed by atoms with Gasteiger partial charge in [0, 0.05) is 0 Å². The summed E-state index contributed by atoms with van der Waals surface area (Å²) < 4.78 is 3.74. The number of halogens is 1. The van der Waals surface area contributed by atoms with Gasteiger partial charge in [-0.05, 0) is 10.8 Å². The van der Waals surface area contributed by atoms with Gasteiger partial charge in [-0.15, -0.1) is 0 Å². The number of nitriles is 2. The first-order chi connectivity index (χ1) is 5.29. The number of rotatable bonds is 0. The van der Waals surface area contributed by atoms with Gasteiger partial charge >= 0.3 is 0 Å². The lowest BCUT2D eigenvalue weighted by molar-refractivity contribution is 1.46. The average Bonchev–Trinajstić information content (AvgIpc) is 2.40. The highest BCUT2D eigenvalue weighted by atomic mass is 35.5. The van der Waals surface area contributed by atoms with Crippen molar-refractivity contribution in [1.29, 1.82) is 10.5 Å². The molecule has 0 bridgehead atoms. The lowest BCUT2D eigenvalue weighted by Gasteiger charge is -1.88. The average molecular weight is 202 g/mol. The Morgan fingerprint density at radius 1 is 1.45 bits per heavy atom. The third kappa shape index (κ3) is 1.69. The minimum Gasteiger partial charge on any atom is -0.192 e. The largest absolute Gasteiger partial charge is 0.192 e. The van der Waals surface area contributed by atoms with Crippen molar-refractivity contribution in [1.82, 2.24) is 0 Å². The van der Waals surface area contributed by atoms with Crippen LogP contribution in [0.2, 0.25) is 0 Å². The summed E-state index contributed by atoms with van der Waals surface area (Å²) in [6, 6.07) is 3.49. The summed E-state index contributed by atoms with van der Waals surface area (Å²) in [5.41, 5.74) is 0.0220. The lowest BCUT2D eigenvalue weighted by Crippen LogP contribution is -1.87. The minimum absolute atomic E-state index is 0.0220. The molecular weight excluding hydrogens is 202 g/mol. The lowest BCUT2D eigenvalue weighted by atomic mass is 10.3. The van der Waals surface area contributed by atoms with Crippen molar-refractivity contribution in [2.24, 2.45) is 4.40 Å². The second-order valence-corrected chi connectivity index (χ2v) is 3.68. The Balaban J connectivity index is 3.09. The Morgan fingerprint density at radius 3 is 2.45 bits per heavy atom. The van der Waals surface area contributed by atoms with Gasteiger partial charge in [0.15, 0.2) is 5.17 Å². The predicted octanol–water partition coefficient (Wildman–Crippen LogP) is 2.23. The van der Waals surface area contributed by atoms with E-state index >= 15 is 0 Å². The highest BCUT2D eigenvalue weighted by Gasteiger charge is 2.18. The summed E-state index contributed by atoms with van der Waals surface area (Å²) in [5, 5.41) is 17.1. The highest BCUT2D eigenvalue weighted by molar-refractivity contribution is 8.78. The van der Waals surface area contributed by atoms with Gasteiger partial charge in [0.1, 0.15) is 17.7 Å². The fourth-order valence-electron chi connectivity index (χ4n) is 0.436. The molecule has 0 aromatic rings. The van der Waals surface area contributed by atoms with Crippen LogP contribution in [0.25, 0.3) is 0 Å². The molecule has 1 aliphatic heterocycles. The summed E-state index contributed by atoms with van der Waals surface area (Å²) in [7, 11) is 2.39. The van der Waals surface area contributed by atoms with Crippen LogP contribution in [-0.2, 0) is 0 Å². The molecule has 6 heteroatoms. The van der Waals surface area contributed by atoms with Crippen LogP contribution in [0.5, 0.6) is 0 Å².